The Labute approximate surface area is 244 Å². The molecule has 0 bridgehead atoms. The van der Waals surface area contributed by atoms with Gasteiger partial charge in [-0.05, 0) is 67.4 Å². The number of H-pyrrole nitrogens is 1. The fraction of sp³-hybridized carbons (Fsp3) is 0.176. The number of nitrogens with zero attached hydrogens (tertiary/aromatic N) is 7. The van der Waals surface area contributed by atoms with Gasteiger partial charge in [0.15, 0.2) is 5.82 Å². The van der Waals surface area contributed by atoms with Crippen LogP contribution in [0, 0.1) is 0 Å². The molecule has 1 aliphatic rings. The second kappa shape index (κ2) is 11.8. The van der Waals surface area contributed by atoms with Crippen LogP contribution in [0.15, 0.2) is 110 Å². The van der Waals surface area contributed by atoms with Crippen LogP contribution in [-0.4, -0.2) is 53.3 Å². The molecule has 0 unspecified atom stereocenters. The zero-order chi connectivity index (χ0) is 28.1. The Morgan fingerprint density at radius 1 is 0.738 bits per heavy atom. The first-order chi connectivity index (χ1) is 20.8. The van der Waals surface area contributed by atoms with Crippen LogP contribution < -0.4 is 0 Å². The number of aromatic nitrogens is 7. The SMILES string of the molecule is c1ccc(-c2cc(-c3cccnc3)nnc2-c2ccc(CN3CCC(c4nc(-c5ccccn5)n[nH]4)CC3)cc2)cc1. The average Bonchev–Trinajstić information content (AvgIpc) is 3.57. The predicted octanol–water partition coefficient (Wildman–Crippen LogP) is 6.43. The number of likely N-dealkylation sites (tertiary alicyclic amines) is 1. The number of rotatable bonds is 7. The third-order valence-electron chi connectivity index (χ3n) is 7.84. The molecule has 0 radical (unpaired) electrons. The van der Waals surface area contributed by atoms with Crippen molar-refractivity contribution in [2.75, 3.05) is 13.1 Å². The number of hydrogen-bond acceptors (Lipinski definition) is 7. The molecule has 0 atom stereocenters. The Morgan fingerprint density at radius 2 is 1.55 bits per heavy atom. The van der Waals surface area contributed by atoms with Crippen molar-refractivity contribution in [3.05, 3.63) is 121 Å². The van der Waals surface area contributed by atoms with Gasteiger partial charge in [0.25, 0.3) is 0 Å². The zero-order valence-corrected chi connectivity index (χ0v) is 23.1. The molecular formula is C34H30N8. The maximum atomic E-state index is 4.74. The molecule has 4 aromatic heterocycles. The van der Waals surface area contributed by atoms with Crippen molar-refractivity contribution in [3.8, 4) is 45.2 Å². The van der Waals surface area contributed by atoms with Crippen LogP contribution in [0.2, 0.25) is 0 Å². The van der Waals surface area contributed by atoms with Crippen molar-refractivity contribution >= 4 is 0 Å². The van der Waals surface area contributed by atoms with Crippen LogP contribution in [0.4, 0.5) is 0 Å². The van der Waals surface area contributed by atoms with Crippen molar-refractivity contribution in [2.45, 2.75) is 25.3 Å². The van der Waals surface area contributed by atoms with Gasteiger partial charge in [0.2, 0.25) is 0 Å². The Bertz CT molecular complexity index is 1740. The van der Waals surface area contributed by atoms with E-state index < -0.39 is 0 Å². The van der Waals surface area contributed by atoms with Crippen molar-refractivity contribution < 1.29 is 0 Å². The summed E-state index contributed by atoms with van der Waals surface area (Å²) in [5.41, 5.74) is 7.93. The van der Waals surface area contributed by atoms with Gasteiger partial charge in [0, 0.05) is 47.7 Å². The molecule has 0 aliphatic carbocycles. The van der Waals surface area contributed by atoms with E-state index in [2.05, 4.69) is 84.8 Å². The number of benzene rings is 2. The molecule has 6 aromatic rings. The Morgan fingerprint density at radius 3 is 2.31 bits per heavy atom. The maximum Gasteiger partial charge on any atom is 0.199 e. The average molecular weight is 551 g/mol. The normalized spacial score (nSPS) is 14.2. The first-order valence-electron chi connectivity index (χ1n) is 14.3. The molecule has 1 saturated heterocycles. The topological polar surface area (TPSA) is 96.4 Å². The molecule has 8 heteroatoms. The summed E-state index contributed by atoms with van der Waals surface area (Å²) in [5.74, 6) is 2.02. The van der Waals surface area contributed by atoms with E-state index in [-0.39, 0.29) is 0 Å². The quantitative estimate of drug-likeness (QED) is 0.245. The number of hydrogen-bond donors (Lipinski definition) is 1. The molecule has 7 rings (SSSR count). The van der Waals surface area contributed by atoms with E-state index in [4.69, 9.17) is 10.1 Å². The lowest BCUT2D eigenvalue weighted by Crippen LogP contribution is -2.32. The molecule has 1 fully saturated rings. The standard InChI is InChI=1S/C34H30N8/c1-2-7-25(8-3-1)29-21-31(28-9-6-17-35-22-28)38-39-32(29)26-13-11-24(12-14-26)23-42-19-15-27(16-20-42)33-37-34(41-40-33)30-10-4-5-18-36-30/h1-14,17-18,21-22,27H,15-16,19-20,23H2,(H,37,40,41). The first kappa shape index (κ1) is 25.9. The van der Waals surface area contributed by atoms with Crippen molar-refractivity contribution in [2.24, 2.45) is 0 Å². The molecule has 1 aliphatic heterocycles. The molecular weight excluding hydrogens is 520 g/mol. The summed E-state index contributed by atoms with van der Waals surface area (Å²) in [6.45, 7) is 2.96. The summed E-state index contributed by atoms with van der Waals surface area (Å²) in [5, 5.41) is 16.8. The molecule has 5 heterocycles. The van der Waals surface area contributed by atoms with Gasteiger partial charge in [-0.15, -0.1) is 10.2 Å². The number of nitrogens with one attached hydrogen (secondary N) is 1. The molecule has 1 N–H and O–H groups in total. The van der Waals surface area contributed by atoms with Crippen LogP contribution in [-0.2, 0) is 6.54 Å². The summed E-state index contributed by atoms with van der Waals surface area (Å²) in [4.78, 5) is 15.9. The van der Waals surface area contributed by atoms with Crippen LogP contribution in [0.3, 0.4) is 0 Å². The van der Waals surface area contributed by atoms with E-state index >= 15 is 0 Å². The minimum Gasteiger partial charge on any atom is -0.299 e. The van der Waals surface area contributed by atoms with Crippen molar-refractivity contribution in [3.63, 3.8) is 0 Å². The van der Waals surface area contributed by atoms with Gasteiger partial charge >= 0.3 is 0 Å². The number of aromatic amines is 1. The highest BCUT2D eigenvalue weighted by Crippen LogP contribution is 2.33. The number of piperidine rings is 1. The smallest absolute Gasteiger partial charge is 0.199 e. The van der Waals surface area contributed by atoms with Gasteiger partial charge in [-0.1, -0.05) is 60.7 Å². The van der Waals surface area contributed by atoms with Gasteiger partial charge in [-0.25, -0.2) is 4.98 Å². The van der Waals surface area contributed by atoms with Crippen molar-refractivity contribution in [1.82, 2.24) is 40.2 Å². The predicted molar refractivity (Wildman–Crippen MR) is 163 cm³/mol. The second-order valence-corrected chi connectivity index (χ2v) is 10.6. The van der Waals surface area contributed by atoms with Gasteiger partial charge in [0.1, 0.15) is 17.2 Å². The third-order valence-corrected chi connectivity index (χ3v) is 7.84. The monoisotopic (exact) mass is 550 g/mol. The molecule has 0 spiro atoms. The van der Waals surface area contributed by atoms with Gasteiger partial charge in [-0.2, -0.15) is 5.10 Å². The molecule has 8 nitrogen and oxygen atoms in total. The van der Waals surface area contributed by atoms with E-state index in [0.717, 1.165) is 77.6 Å². The summed E-state index contributed by atoms with van der Waals surface area (Å²) in [6.07, 6.45) is 7.46. The third kappa shape index (κ3) is 5.57. The lowest BCUT2D eigenvalue weighted by molar-refractivity contribution is 0.202. The van der Waals surface area contributed by atoms with Crippen LogP contribution in [0.1, 0.15) is 30.1 Å². The first-order valence-corrected chi connectivity index (χ1v) is 14.3. The fourth-order valence-electron chi connectivity index (χ4n) is 5.56. The molecule has 0 amide bonds. The van der Waals surface area contributed by atoms with E-state index in [1.54, 1.807) is 12.4 Å². The number of pyridine rings is 2. The highest BCUT2D eigenvalue weighted by molar-refractivity contribution is 5.82. The van der Waals surface area contributed by atoms with E-state index in [0.29, 0.717) is 11.7 Å². The van der Waals surface area contributed by atoms with Gasteiger partial charge in [0.05, 0.1) is 5.69 Å². The maximum absolute atomic E-state index is 4.74. The van der Waals surface area contributed by atoms with Crippen molar-refractivity contribution in [1.29, 1.82) is 0 Å². The minimum atomic E-state index is 0.387. The molecule has 42 heavy (non-hydrogen) atoms. The van der Waals surface area contributed by atoms with E-state index in [9.17, 15) is 0 Å². The van der Waals surface area contributed by atoms with Crippen LogP contribution >= 0.6 is 0 Å². The fourth-order valence-corrected chi connectivity index (χ4v) is 5.56. The highest BCUT2D eigenvalue weighted by atomic mass is 15.2. The largest absolute Gasteiger partial charge is 0.299 e. The van der Waals surface area contributed by atoms with Gasteiger partial charge < -0.3 is 0 Å². The van der Waals surface area contributed by atoms with Gasteiger partial charge in [-0.3, -0.25) is 20.0 Å². The summed E-state index contributed by atoms with van der Waals surface area (Å²) in [6, 6.07) is 30.9. The Hall–Kier alpha value is -5.08. The lowest BCUT2D eigenvalue weighted by atomic mass is 9.95. The Kier molecular flexibility index (Phi) is 7.27. The molecule has 206 valence electrons. The minimum absolute atomic E-state index is 0.387. The zero-order valence-electron chi connectivity index (χ0n) is 23.1. The van der Waals surface area contributed by atoms with E-state index in [1.807, 2.05) is 42.6 Å². The van der Waals surface area contributed by atoms with Crippen LogP contribution in [0.25, 0.3) is 45.2 Å². The molecule has 2 aromatic carbocycles. The Balaban J connectivity index is 1.04. The lowest BCUT2D eigenvalue weighted by Gasteiger charge is -2.31. The summed E-state index contributed by atoms with van der Waals surface area (Å²) >= 11 is 0. The second-order valence-electron chi connectivity index (χ2n) is 10.6. The molecule has 0 saturated carbocycles. The highest BCUT2D eigenvalue weighted by Gasteiger charge is 2.24. The summed E-state index contributed by atoms with van der Waals surface area (Å²) in [7, 11) is 0. The van der Waals surface area contributed by atoms with E-state index in [1.165, 1.54) is 5.56 Å². The van der Waals surface area contributed by atoms with Crippen LogP contribution in [0.5, 0.6) is 0 Å². The summed E-state index contributed by atoms with van der Waals surface area (Å²) < 4.78 is 0.